The number of fused-ring (bicyclic) bond motifs is 2. The van der Waals surface area contributed by atoms with Gasteiger partial charge >= 0.3 is 0 Å². The van der Waals surface area contributed by atoms with Crippen LogP contribution in [0.5, 0.6) is 0 Å². The third-order valence-electron chi connectivity index (χ3n) is 6.17. The van der Waals surface area contributed by atoms with Crippen molar-refractivity contribution < 1.29 is 4.79 Å². The van der Waals surface area contributed by atoms with Gasteiger partial charge in [-0.1, -0.05) is 42.0 Å². The summed E-state index contributed by atoms with van der Waals surface area (Å²) in [4.78, 5) is 14.3. The topological polar surface area (TPSA) is 46.3 Å². The standard InChI is InChI=1S/C22H26N2O/c1-16-7-9-17(10-8-16)15-24-20-6-3-12-22(24,13-11-20)19-5-2-4-18(14-19)21(23)25/h2,4-5,7-10,14,20H,3,6,11-13,15H2,1H3,(H2,23,25). The van der Waals surface area contributed by atoms with Gasteiger partial charge in [0, 0.05) is 23.7 Å². The first kappa shape index (κ1) is 16.3. The Balaban J connectivity index is 1.71. The molecule has 0 radical (unpaired) electrons. The minimum Gasteiger partial charge on any atom is -0.366 e. The molecule has 1 amide bonds. The van der Waals surface area contributed by atoms with Crippen LogP contribution in [-0.4, -0.2) is 16.8 Å². The van der Waals surface area contributed by atoms with Crippen LogP contribution >= 0.6 is 0 Å². The Labute approximate surface area is 149 Å². The number of primary amides is 1. The van der Waals surface area contributed by atoms with Gasteiger partial charge in [-0.15, -0.1) is 0 Å². The van der Waals surface area contributed by atoms with Crippen LogP contribution in [0.2, 0.25) is 0 Å². The second kappa shape index (κ2) is 6.30. The summed E-state index contributed by atoms with van der Waals surface area (Å²) >= 11 is 0. The summed E-state index contributed by atoms with van der Waals surface area (Å²) < 4.78 is 0. The number of nitrogens with zero attached hydrogens (tertiary/aromatic N) is 1. The summed E-state index contributed by atoms with van der Waals surface area (Å²) in [6, 6.07) is 17.5. The van der Waals surface area contributed by atoms with E-state index in [4.69, 9.17) is 5.73 Å². The number of rotatable bonds is 4. The number of aryl methyl sites for hydroxylation is 1. The van der Waals surface area contributed by atoms with E-state index in [9.17, 15) is 4.79 Å². The van der Waals surface area contributed by atoms with Gasteiger partial charge in [-0.2, -0.15) is 0 Å². The zero-order chi connectivity index (χ0) is 17.4. The lowest BCUT2D eigenvalue weighted by molar-refractivity contribution is 0.0426. The molecule has 4 rings (SSSR count). The lowest BCUT2D eigenvalue weighted by atomic mass is 9.80. The van der Waals surface area contributed by atoms with Crippen molar-refractivity contribution in [2.75, 3.05) is 0 Å². The summed E-state index contributed by atoms with van der Waals surface area (Å²) in [5.74, 6) is -0.339. The molecule has 2 aliphatic heterocycles. The molecule has 0 saturated carbocycles. The van der Waals surface area contributed by atoms with Crippen LogP contribution in [0, 0.1) is 6.92 Å². The van der Waals surface area contributed by atoms with Crippen LogP contribution in [0.25, 0.3) is 0 Å². The maximum atomic E-state index is 11.7. The molecule has 2 bridgehead atoms. The van der Waals surface area contributed by atoms with E-state index in [0.29, 0.717) is 11.6 Å². The molecule has 2 heterocycles. The number of piperidine rings is 1. The van der Waals surface area contributed by atoms with E-state index in [1.54, 1.807) is 0 Å². The maximum Gasteiger partial charge on any atom is 0.248 e. The molecule has 2 N–H and O–H groups in total. The SMILES string of the molecule is Cc1ccc(CN2C3CCCC2(c2cccc(C(N)=O)c2)CC3)cc1. The Hall–Kier alpha value is -2.13. The van der Waals surface area contributed by atoms with Crippen LogP contribution in [0.15, 0.2) is 48.5 Å². The van der Waals surface area contributed by atoms with Gasteiger partial charge in [-0.3, -0.25) is 9.69 Å². The van der Waals surface area contributed by atoms with Crippen LogP contribution in [0.3, 0.4) is 0 Å². The number of hydrogen-bond donors (Lipinski definition) is 1. The molecule has 130 valence electrons. The first-order valence-electron chi connectivity index (χ1n) is 9.31. The van der Waals surface area contributed by atoms with Crippen molar-refractivity contribution >= 4 is 5.91 Å². The van der Waals surface area contributed by atoms with Crippen molar-refractivity contribution in [3.8, 4) is 0 Å². The van der Waals surface area contributed by atoms with Gasteiger partial charge in [0.2, 0.25) is 5.91 Å². The van der Waals surface area contributed by atoms with Crippen molar-refractivity contribution in [3.63, 3.8) is 0 Å². The number of nitrogens with two attached hydrogens (primary N) is 1. The van der Waals surface area contributed by atoms with Gasteiger partial charge in [0.15, 0.2) is 0 Å². The van der Waals surface area contributed by atoms with E-state index in [1.807, 2.05) is 18.2 Å². The molecule has 2 aromatic carbocycles. The van der Waals surface area contributed by atoms with Crippen molar-refractivity contribution in [3.05, 3.63) is 70.8 Å². The Bertz CT molecular complexity index is 779. The lowest BCUT2D eigenvalue weighted by Crippen LogP contribution is -2.47. The Morgan fingerprint density at radius 1 is 1.16 bits per heavy atom. The van der Waals surface area contributed by atoms with E-state index in [1.165, 1.54) is 42.4 Å². The second-order valence-corrected chi connectivity index (χ2v) is 7.67. The quantitative estimate of drug-likeness (QED) is 0.913. The molecule has 0 spiro atoms. The first-order valence-corrected chi connectivity index (χ1v) is 9.31. The molecule has 2 fully saturated rings. The number of amides is 1. The molecule has 3 heteroatoms. The highest BCUT2D eigenvalue weighted by molar-refractivity contribution is 5.92. The van der Waals surface area contributed by atoms with Gasteiger partial charge in [0.25, 0.3) is 0 Å². The molecule has 25 heavy (non-hydrogen) atoms. The third-order valence-corrected chi connectivity index (χ3v) is 6.17. The van der Waals surface area contributed by atoms with Crippen molar-refractivity contribution in [2.24, 2.45) is 5.73 Å². The van der Waals surface area contributed by atoms with Gasteiger partial charge in [-0.25, -0.2) is 0 Å². The average molecular weight is 334 g/mol. The molecule has 2 unspecified atom stereocenters. The number of carbonyl (C=O) groups is 1. The zero-order valence-corrected chi connectivity index (χ0v) is 14.9. The molecular formula is C22H26N2O. The molecular weight excluding hydrogens is 308 g/mol. The first-order chi connectivity index (χ1) is 12.1. The number of hydrogen-bond acceptors (Lipinski definition) is 2. The largest absolute Gasteiger partial charge is 0.366 e. The number of benzene rings is 2. The summed E-state index contributed by atoms with van der Waals surface area (Å²) in [6.45, 7) is 3.11. The minimum absolute atomic E-state index is 0.0548. The molecule has 2 aliphatic rings. The van der Waals surface area contributed by atoms with Crippen molar-refractivity contribution in [2.45, 2.75) is 57.2 Å². The van der Waals surface area contributed by atoms with Crippen LogP contribution in [0.4, 0.5) is 0 Å². The van der Waals surface area contributed by atoms with E-state index in [0.717, 1.165) is 13.0 Å². The van der Waals surface area contributed by atoms with E-state index in [-0.39, 0.29) is 11.4 Å². The van der Waals surface area contributed by atoms with Gasteiger partial charge in [0.1, 0.15) is 0 Å². The van der Waals surface area contributed by atoms with E-state index >= 15 is 0 Å². The fourth-order valence-corrected chi connectivity index (χ4v) is 4.84. The van der Waals surface area contributed by atoms with Crippen LogP contribution in [0.1, 0.15) is 59.2 Å². The predicted molar refractivity (Wildman–Crippen MR) is 100 cm³/mol. The highest BCUT2D eigenvalue weighted by Gasteiger charge is 2.49. The highest BCUT2D eigenvalue weighted by atomic mass is 16.1. The molecule has 2 aromatic rings. The summed E-state index contributed by atoms with van der Waals surface area (Å²) in [5.41, 5.74) is 10.1. The van der Waals surface area contributed by atoms with Gasteiger partial charge in [-0.05, 0) is 62.3 Å². The average Bonchev–Trinajstić information content (AvgIpc) is 2.82. The normalized spacial score (nSPS) is 25.9. The summed E-state index contributed by atoms with van der Waals surface area (Å²) in [6.07, 6.45) is 6.12. The Morgan fingerprint density at radius 3 is 2.72 bits per heavy atom. The zero-order valence-electron chi connectivity index (χ0n) is 14.9. The van der Waals surface area contributed by atoms with Gasteiger partial charge < -0.3 is 5.73 Å². The summed E-state index contributed by atoms with van der Waals surface area (Å²) in [5, 5.41) is 0. The molecule has 2 atom stereocenters. The van der Waals surface area contributed by atoms with Crippen molar-refractivity contribution in [1.29, 1.82) is 0 Å². The molecule has 3 nitrogen and oxygen atoms in total. The second-order valence-electron chi connectivity index (χ2n) is 7.67. The predicted octanol–water partition coefficient (Wildman–Crippen LogP) is 4.14. The minimum atomic E-state index is -0.339. The molecule has 2 saturated heterocycles. The summed E-state index contributed by atoms with van der Waals surface area (Å²) in [7, 11) is 0. The van der Waals surface area contributed by atoms with E-state index < -0.39 is 0 Å². The third kappa shape index (κ3) is 2.87. The highest BCUT2D eigenvalue weighted by Crippen LogP contribution is 2.51. The van der Waals surface area contributed by atoms with Crippen LogP contribution < -0.4 is 5.73 Å². The monoisotopic (exact) mass is 334 g/mol. The smallest absolute Gasteiger partial charge is 0.248 e. The fourth-order valence-electron chi connectivity index (χ4n) is 4.84. The Kier molecular flexibility index (Phi) is 4.12. The van der Waals surface area contributed by atoms with Crippen LogP contribution in [-0.2, 0) is 12.1 Å². The van der Waals surface area contributed by atoms with E-state index in [2.05, 4.69) is 42.2 Å². The number of carbonyl (C=O) groups excluding carboxylic acids is 1. The van der Waals surface area contributed by atoms with Gasteiger partial charge in [0.05, 0.1) is 0 Å². The Morgan fingerprint density at radius 2 is 1.96 bits per heavy atom. The lowest BCUT2D eigenvalue weighted by Gasteiger charge is -2.45. The molecule has 0 aliphatic carbocycles. The maximum absolute atomic E-state index is 11.7. The molecule has 0 aromatic heterocycles. The fraction of sp³-hybridized carbons (Fsp3) is 0.409. The van der Waals surface area contributed by atoms with Crippen molar-refractivity contribution in [1.82, 2.24) is 4.90 Å².